The van der Waals surface area contributed by atoms with Crippen LogP contribution in [0.25, 0.3) is 6.08 Å². The van der Waals surface area contributed by atoms with Crippen LogP contribution >= 0.6 is 0 Å². The number of halogens is 3. The molecule has 0 aliphatic rings. The SMILES string of the molecule is COc1c(F)cc(F)c(F)c1/C=C/CN. The summed E-state index contributed by atoms with van der Waals surface area (Å²) in [5.74, 6) is -3.70. The average molecular weight is 217 g/mol. The number of hydrogen-bond acceptors (Lipinski definition) is 2. The van der Waals surface area contributed by atoms with Crippen molar-refractivity contribution >= 4 is 6.08 Å². The van der Waals surface area contributed by atoms with Gasteiger partial charge in [-0.2, -0.15) is 0 Å². The number of methoxy groups -OCH3 is 1. The lowest BCUT2D eigenvalue weighted by Gasteiger charge is -2.07. The Labute approximate surface area is 85.2 Å². The van der Waals surface area contributed by atoms with Gasteiger partial charge in [0.05, 0.1) is 12.7 Å². The Bertz CT molecular complexity index is 391. The molecule has 0 saturated heterocycles. The third-order valence-electron chi connectivity index (χ3n) is 1.79. The van der Waals surface area contributed by atoms with E-state index >= 15 is 0 Å². The number of rotatable bonds is 3. The van der Waals surface area contributed by atoms with Crippen LogP contribution < -0.4 is 10.5 Å². The summed E-state index contributed by atoms with van der Waals surface area (Å²) in [5.41, 5.74) is 4.88. The van der Waals surface area contributed by atoms with Crippen molar-refractivity contribution in [1.29, 1.82) is 0 Å². The molecule has 1 aromatic rings. The van der Waals surface area contributed by atoms with Crippen molar-refractivity contribution in [2.45, 2.75) is 0 Å². The van der Waals surface area contributed by atoms with Gasteiger partial charge in [0.2, 0.25) is 0 Å². The molecule has 0 atom stereocenters. The largest absolute Gasteiger partial charge is 0.493 e. The zero-order valence-electron chi connectivity index (χ0n) is 8.06. The van der Waals surface area contributed by atoms with Gasteiger partial charge in [-0.05, 0) is 0 Å². The second kappa shape index (κ2) is 4.84. The van der Waals surface area contributed by atoms with Gasteiger partial charge in [-0.25, -0.2) is 13.2 Å². The van der Waals surface area contributed by atoms with Crippen LogP contribution in [-0.4, -0.2) is 13.7 Å². The first-order valence-corrected chi connectivity index (χ1v) is 4.20. The lowest BCUT2D eigenvalue weighted by Crippen LogP contribution is -1.99. The Kier molecular flexibility index (Phi) is 3.74. The van der Waals surface area contributed by atoms with E-state index in [1.165, 1.54) is 19.3 Å². The van der Waals surface area contributed by atoms with Crippen molar-refractivity contribution in [2.75, 3.05) is 13.7 Å². The molecule has 0 heterocycles. The number of ether oxygens (including phenoxy) is 1. The molecule has 0 aliphatic carbocycles. The van der Waals surface area contributed by atoms with Gasteiger partial charge < -0.3 is 10.5 Å². The summed E-state index contributed by atoms with van der Waals surface area (Å²) < 4.78 is 43.8. The van der Waals surface area contributed by atoms with E-state index in [4.69, 9.17) is 5.73 Å². The molecule has 5 heteroatoms. The second-order valence-corrected chi connectivity index (χ2v) is 2.74. The van der Waals surface area contributed by atoms with Crippen LogP contribution in [0.15, 0.2) is 12.1 Å². The van der Waals surface area contributed by atoms with E-state index in [1.54, 1.807) is 0 Å². The molecule has 0 saturated carbocycles. The molecular weight excluding hydrogens is 207 g/mol. The molecule has 2 nitrogen and oxygen atoms in total. The molecule has 0 unspecified atom stereocenters. The Balaban J connectivity index is 3.36. The van der Waals surface area contributed by atoms with E-state index in [0.29, 0.717) is 6.07 Å². The highest BCUT2D eigenvalue weighted by molar-refractivity contribution is 5.58. The number of benzene rings is 1. The Morgan fingerprint density at radius 1 is 1.33 bits per heavy atom. The maximum Gasteiger partial charge on any atom is 0.169 e. The molecule has 0 spiro atoms. The van der Waals surface area contributed by atoms with Gasteiger partial charge in [0.1, 0.15) is 0 Å². The Morgan fingerprint density at radius 3 is 2.53 bits per heavy atom. The maximum absolute atomic E-state index is 13.2. The van der Waals surface area contributed by atoms with E-state index < -0.39 is 17.5 Å². The van der Waals surface area contributed by atoms with Gasteiger partial charge in [-0.1, -0.05) is 12.2 Å². The van der Waals surface area contributed by atoms with E-state index in [1.807, 2.05) is 0 Å². The fourth-order valence-electron chi connectivity index (χ4n) is 1.14. The third-order valence-corrected chi connectivity index (χ3v) is 1.79. The molecule has 82 valence electrons. The molecule has 0 radical (unpaired) electrons. The minimum absolute atomic E-state index is 0.140. The third kappa shape index (κ3) is 2.30. The molecule has 0 fully saturated rings. The van der Waals surface area contributed by atoms with Gasteiger partial charge in [-0.15, -0.1) is 0 Å². The maximum atomic E-state index is 13.2. The molecule has 2 N–H and O–H groups in total. The van der Waals surface area contributed by atoms with Crippen molar-refractivity contribution in [2.24, 2.45) is 5.73 Å². The minimum atomic E-state index is -1.26. The minimum Gasteiger partial charge on any atom is -0.493 e. The van der Waals surface area contributed by atoms with Crippen LogP contribution in [0.1, 0.15) is 5.56 Å². The highest BCUT2D eigenvalue weighted by Gasteiger charge is 2.17. The predicted molar refractivity (Wildman–Crippen MR) is 51.0 cm³/mol. The molecular formula is C10H10F3NO. The summed E-state index contributed by atoms with van der Waals surface area (Å²) in [5, 5.41) is 0. The highest BCUT2D eigenvalue weighted by atomic mass is 19.2. The number of nitrogens with two attached hydrogens (primary N) is 1. The first-order chi connectivity index (χ1) is 7.11. The quantitative estimate of drug-likeness (QED) is 0.787. The fraction of sp³-hybridized carbons (Fsp3) is 0.200. The van der Waals surface area contributed by atoms with Gasteiger partial charge >= 0.3 is 0 Å². The summed E-state index contributed by atoms with van der Waals surface area (Å²) in [6.45, 7) is 0.140. The van der Waals surface area contributed by atoms with Crippen molar-refractivity contribution < 1.29 is 17.9 Å². The summed E-state index contributed by atoms with van der Waals surface area (Å²) in [7, 11) is 1.18. The zero-order chi connectivity index (χ0) is 11.4. The monoisotopic (exact) mass is 217 g/mol. The fourth-order valence-corrected chi connectivity index (χ4v) is 1.14. The first-order valence-electron chi connectivity index (χ1n) is 4.20. The van der Waals surface area contributed by atoms with Crippen LogP contribution in [0, 0.1) is 17.5 Å². The highest BCUT2D eigenvalue weighted by Crippen LogP contribution is 2.28. The summed E-state index contributed by atoms with van der Waals surface area (Å²) in [6, 6.07) is 0.438. The summed E-state index contributed by atoms with van der Waals surface area (Å²) in [4.78, 5) is 0. The Hall–Kier alpha value is -1.49. The lowest BCUT2D eigenvalue weighted by molar-refractivity contribution is 0.374. The molecule has 1 aromatic carbocycles. The molecule has 0 bridgehead atoms. The summed E-state index contributed by atoms with van der Waals surface area (Å²) in [6.07, 6.45) is 2.56. The van der Waals surface area contributed by atoms with Gasteiger partial charge in [0.15, 0.2) is 23.2 Å². The van der Waals surface area contributed by atoms with Gasteiger partial charge in [-0.3, -0.25) is 0 Å². The average Bonchev–Trinajstić information content (AvgIpc) is 2.21. The van der Waals surface area contributed by atoms with Crippen LogP contribution in [0.2, 0.25) is 0 Å². The van der Waals surface area contributed by atoms with Crippen molar-refractivity contribution in [1.82, 2.24) is 0 Å². The van der Waals surface area contributed by atoms with Crippen LogP contribution in [0.5, 0.6) is 5.75 Å². The van der Waals surface area contributed by atoms with Gasteiger partial charge in [0, 0.05) is 12.6 Å². The van der Waals surface area contributed by atoms with E-state index in [9.17, 15) is 13.2 Å². The lowest BCUT2D eigenvalue weighted by atomic mass is 10.1. The Morgan fingerprint density at radius 2 is 2.00 bits per heavy atom. The molecule has 0 aromatic heterocycles. The summed E-state index contributed by atoms with van der Waals surface area (Å²) >= 11 is 0. The zero-order valence-corrected chi connectivity index (χ0v) is 8.06. The number of hydrogen-bond donors (Lipinski definition) is 1. The van der Waals surface area contributed by atoms with E-state index in [2.05, 4.69) is 4.74 Å². The molecule has 0 aliphatic heterocycles. The smallest absolute Gasteiger partial charge is 0.169 e. The van der Waals surface area contributed by atoms with E-state index in [-0.39, 0.29) is 17.9 Å². The molecule has 1 rings (SSSR count). The van der Waals surface area contributed by atoms with Crippen LogP contribution in [-0.2, 0) is 0 Å². The molecule has 15 heavy (non-hydrogen) atoms. The predicted octanol–water partition coefficient (Wildman–Crippen LogP) is 2.08. The first kappa shape index (κ1) is 11.6. The normalized spacial score (nSPS) is 11.0. The van der Waals surface area contributed by atoms with Gasteiger partial charge in [0.25, 0.3) is 0 Å². The second-order valence-electron chi connectivity index (χ2n) is 2.74. The topological polar surface area (TPSA) is 35.2 Å². The van der Waals surface area contributed by atoms with Crippen LogP contribution in [0.4, 0.5) is 13.2 Å². The van der Waals surface area contributed by atoms with Crippen molar-refractivity contribution in [3.8, 4) is 5.75 Å². The molecule has 0 amide bonds. The van der Waals surface area contributed by atoms with Crippen molar-refractivity contribution in [3.63, 3.8) is 0 Å². The van der Waals surface area contributed by atoms with Crippen molar-refractivity contribution in [3.05, 3.63) is 35.2 Å². The van der Waals surface area contributed by atoms with E-state index in [0.717, 1.165) is 0 Å². The van der Waals surface area contributed by atoms with Crippen LogP contribution in [0.3, 0.4) is 0 Å². The standard InChI is InChI=1S/C10H10F3NO/c1-15-10-6(3-2-4-14)9(13)7(11)5-8(10)12/h2-3,5H,4,14H2,1H3/b3-2+.